The second-order valence-corrected chi connectivity index (χ2v) is 8.62. The lowest BCUT2D eigenvalue weighted by Crippen LogP contribution is -2.16. The Labute approximate surface area is 201 Å². The SMILES string of the molecule is C/C=C1\C(Nc2ccc(C(=O)CCC)c(C)c2)=CC=CC1C(=C\C)/C(/C=C\CC)=C(\C)CC. The number of allylic oxidation sites excluding steroid dienone is 11. The van der Waals surface area contributed by atoms with Crippen molar-refractivity contribution >= 4 is 11.5 Å². The molecule has 1 N–H and O–H groups in total. The summed E-state index contributed by atoms with van der Waals surface area (Å²) in [7, 11) is 0. The smallest absolute Gasteiger partial charge is 0.163 e. The second kappa shape index (κ2) is 13.0. The standard InChI is InChI=1S/C31H41NO/c1-8-13-16-27(22(6)10-3)25(11-4)29-17-14-18-30(26(29)12-5)32-24-19-20-28(23(7)21-24)31(33)15-9-2/h11-14,16-21,29,32H,8-10,15H2,1-7H3/b16-13-,25-11-,26-12-,27-22+. The first-order valence-electron chi connectivity index (χ1n) is 12.4. The zero-order chi connectivity index (χ0) is 24.4. The van der Waals surface area contributed by atoms with E-state index in [1.165, 1.54) is 22.3 Å². The third-order valence-corrected chi connectivity index (χ3v) is 6.27. The van der Waals surface area contributed by atoms with Crippen LogP contribution in [0.2, 0.25) is 0 Å². The van der Waals surface area contributed by atoms with Gasteiger partial charge in [0.15, 0.2) is 5.78 Å². The fraction of sp³-hybridized carbons (Fsp3) is 0.387. The molecule has 33 heavy (non-hydrogen) atoms. The molecule has 0 saturated carbocycles. The molecule has 2 heteroatoms. The Hall–Kier alpha value is -2.87. The quantitative estimate of drug-likeness (QED) is 0.289. The molecular formula is C31H41NO. The van der Waals surface area contributed by atoms with Gasteiger partial charge in [-0.1, -0.05) is 62.8 Å². The molecule has 176 valence electrons. The van der Waals surface area contributed by atoms with E-state index in [0.717, 1.165) is 41.8 Å². The van der Waals surface area contributed by atoms with Gasteiger partial charge in [-0.2, -0.15) is 0 Å². The van der Waals surface area contributed by atoms with Crippen molar-refractivity contribution in [2.75, 3.05) is 5.32 Å². The summed E-state index contributed by atoms with van der Waals surface area (Å²) < 4.78 is 0. The first-order chi connectivity index (χ1) is 15.9. The van der Waals surface area contributed by atoms with Crippen molar-refractivity contribution in [1.82, 2.24) is 0 Å². The summed E-state index contributed by atoms with van der Waals surface area (Å²) in [6, 6.07) is 6.06. The lowest BCUT2D eigenvalue weighted by atomic mass is 9.80. The molecule has 1 unspecified atom stereocenters. The molecule has 0 aliphatic heterocycles. The average Bonchev–Trinajstić information content (AvgIpc) is 2.81. The Bertz CT molecular complexity index is 1030. The molecule has 0 fully saturated rings. The van der Waals surface area contributed by atoms with E-state index in [9.17, 15) is 4.79 Å². The molecule has 1 atom stereocenters. The highest BCUT2D eigenvalue weighted by Crippen LogP contribution is 2.37. The first kappa shape index (κ1) is 26.4. The van der Waals surface area contributed by atoms with Crippen LogP contribution >= 0.6 is 0 Å². The highest BCUT2D eigenvalue weighted by atomic mass is 16.1. The Morgan fingerprint density at radius 1 is 1.15 bits per heavy atom. The van der Waals surface area contributed by atoms with E-state index in [4.69, 9.17) is 0 Å². The van der Waals surface area contributed by atoms with Gasteiger partial charge in [0.05, 0.1) is 0 Å². The Morgan fingerprint density at radius 3 is 2.48 bits per heavy atom. The number of hydrogen-bond acceptors (Lipinski definition) is 2. The van der Waals surface area contributed by atoms with E-state index in [1.807, 2.05) is 26.0 Å². The van der Waals surface area contributed by atoms with E-state index >= 15 is 0 Å². The molecule has 1 aliphatic rings. The van der Waals surface area contributed by atoms with Crippen molar-refractivity contribution in [2.45, 2.75) is 74.1 Å². The number of anilines is 1. The lowest BCUT2D eigenvalue weighted by Gasteiger charge is -2.28. The predicted octanol–water partition coefficient (Wildman–Crippen LogP) is 9.04. The van der Waals surface area contributed by atoms with Crippen LogP contribution in [0.25, 0.3) is 0 Å². The molecule has 2 rings (SSSR count). The van der Waals surface area contributed by atoms with Crippen LogP contribution in [0.15, 0.2) is 88.7 Å². The van der Waals surface area contributed by atoms with Crippen molar-refractivity contribution in [3.05, 3.63) is 99.8 Å². The summed E-state index contributed by atoms with van der Waals surface area (Å²) in [5, 5.41) is 3.62. The van der Waals surface area contributed by atoms with Gasteiger partial charge >= 0.3 is 0 Å². The number of carbonyl (C=O) groups is 1. The zero-order valence-electron chi connectivity index (χ0n) is 21.6. The maximum atomic E-state index is 12.4. The summed E-state index contributed by atoms with van der Waals surface area (Å²) in [5.74, 6) is 0.413. The monoisotopic (exact) mass is 443 g/mol. The maximum absolute atomic E-state index is 12.4. The molecule has 1 aromatic carbocycles. The molecule has 1 aliphatic carbocycles. The van der Waals surface area contributed by atoms with Gasteiger partial charge in [0, 0.05) is 29.3 Å². The van der Waals surface area contributed by atoms with E-state index in [1.54, 1.807) is 0 Å². The van der Waals surface area contributed by atoms with E-state index in [-0.39, 0.29) is 11.7 Å². The molecule has 1 aromatic rings. The third kappa shape index (κ3) is 6.57. The molecule has 0 radical (unpaired) electrons. The normalized spacial score (nSPS) is 18.5. The number of rotatable bonds is 10. The highest BCUT2D eigenvalue weighted by molar-refractivity contribution is 5.97. The van der Waals surface area contributed by atoms with Gasteiger partial charge in [0.2, 0.25) is 0 Å². The largest absolute Gasteiger partial charge is 0.355 e. The van der Waals surface area contributed by atoms with Crippen molar-refractivity contribution in [3.8, 4) is 0 Å². The van der Waals surface area contributed by atoms with Crippen molar-refractivity contribution in [3.63, 3.8) is 0 Å². The lowest BCUT2D eigenvalue weighted by molar-refractivity contribution is 0.0981. The van der Waals surface area contributed by atoms with Crippen molar-refractivity contribution in [2.24, 2.45) is 5.92 Å². The Morgan fingerprint density at radius 2 is 1.91 bits per heavy atom. The molecule has 0 saturated heterocycles. The van der Waals surface area contributed by atoms with Crippen LogP contribution in [-0.2, 0) is 0 Å². The molecular weight excluding hydrogens is 402 g/mol. The van der Waals surface area contributed by atoms with Crippen LogP contribution in [0, 0.1) is 12.8 Å². The van der Waals surface area contributed by atoms with Gasteiger partial charge < -0.3 is 5.32 Å². The zero-order valence-corrected chi connectivity index (χ0v) is 21.6. The minimum atomic E-state index is 0.192. The first-order valence-corrected chi connectivity index (χ1v) is 12.4. The number of aryl methyl sites for hydroxylation is 1. The summed E-state index contributed by atoms with van der Waals surface area (Å²) in [5.41, 5.74) is 9.31. The summed E-state index contributed by atoms with van der Waals surface area (Å²) >= 11 is 0. The summed E-state index contributed by atoms with van der Waals surface area (Å²) in [4.78, 5) is 12.4. The fourth-order valence-electron chi connectivity index (χ4n) is 4.34. The van der Waals surface area contributed by atoms with Crippen molar-refractivity contribution in [1.29, 1.82) is 0 Å². The minimum absolute atomic E-state index is 0.192. The van der Waals surface area contributed by atoms with E-state index in [2.05, 4.69) is 88.5 Å². The molecule has 0 aromatic heterocycles. The van der Waals surface area contributed by atoms with Crippen LogP contribution in [0.1, 0.15) is 83.1 Å². The Kier molecular flexibility index (Phi) is 10.4. The van der Waals surface area contributed by atoms with Gasteiger partial charge in [0.25, 0.3) is 0 Å². The van der Waals surface area contributed by atoms with Gasteiger partial charge in [-0.3, -0.25) is 4.79 Å². The number of Topliss-reactive ketones (excluding diaryl/α,β-unsaturated/α-hetero) is 1. The van der Waals surface area contributed by atoms with Crippen LogP contribution < -0.4 is 5.32 Å². The van der Waals surface area contributed by atoms with Crippen molar-refractivity contribution < 1.29 is 4.79 Å². The maximum Gasteiger partial charge on any atom is 0.163 e. The van der Waals surface area contributed by atoms with Gasteiger partial charge in [-0.25, -0.2) is 0 Å². The summed E-state index contributed by atoms with van der Waals surface area (Å²) in [6.45, 7) is 14.9. The molecule has 2 nitrogen and oxygen atoms in total. The fourth-order valence-corrected chi connectivity index (χ4v) is 4.34. The minimum Gasteiger partial charge on any atom is -0.355 e. The number of ketones is 1. The van der Waals surface area contributed by atoms with E-state index < -0.39 is 0 Å². The van der Waals surface area contributed by atoms with Crippen LogP contribution in [0.3, 0.4) is 0 Å². The molecule has 0 bridgehead atoms. The topological polar surface area (TPSA) is 29.1 Å². The highest BCUT2D eigenvalue weighted by Gasteiger charge is 2.23. The number of benzene rings is 1. The third-order valence-electron chi connectivity index (χ3n) is 6.27. The number of nitrogens with one attached hydrogen (secondary N) is 1. The average molecular weight is 444 g/mol. The second-order valence-electron chi connectivity index (χ2n) is 8.62. The molecule has 0 heterocycles. The number of hydrogen-bond donors (Lipinski definition) is 1. The molecule has 0 spiro atoms. The summed E-state index contributed by atoms with van der Waals surface area (Å²) in [6.07, 6.45) is 19.1. The number of carbonyl (C=O) groups excluding carboxylic acids is 1. The van der Waals surface area contributed by atoms with Crippen LogP contribution in [-0.4, -0.2) is 5.78 Å². The Balaban J connectivity index is 2.37. The van der Waals surface area contributed by atoms with Gasteiger partial charge in [0.1, 0.15) is 0 Å². The van der Waals surface area contributed by atoms with Gasteiger partial charge in [-0.15, -0.1) is 0 Å². The van der Waals surface area contributed by atoms with Crippen LogP contribution in [0.4, 0.5) is 5.69 Å². The molecule has 0 amide bonds. The predicted molar refractivity (Wildman–Crippen MR) is 145 cm³/mol. The van der Waals surface area contributed by atoms with Crippen LogP contribution in [0.5, 0.6) is 0 Å². The van der Waals surface area contributed by atoms with Gasteiger partial charge in [-0.05, 0) is 93.5 Å². The van der Waals surface area contributed by atoms with E-state index in [0.29, 0.717) is 6.42 Å².